The Morgan fingerprint density at radius 1 is 0.807 bits per heavy atom. The van der Waals surface area contributed by atoms with Gasteiger partial charge < -0.3 is 21.3 Å². The number of aliphatic carboxylic acids is 1. The van der Waals surface area contributed by atoms with Crippen LogP contribution in [0.25, 0.3) is 0 Å². The van der Waals surface area contributed by atoms with Gasteiger partial charge in [-0.2, -0.15) is 5.26 Å². The fraction of sp³-hybridized carbons (Fsp3) is 0.422. The molecule has 57 heavy (non-hydrogen) atoms. The van der Waals surface area contributed by atoms with E-state index in [0.717, 1.165) is 50.8 Å². The van der Waals surface area contributed by atoms with Crippen LogP contribution in [-0.2, 0) is 21.0 Å². The minimum absolute atomic E-state index is 0.0784. The highest BCUT2D eigenvalue weighted by atomic mass is 35.5. The molecule has 12 heteroatoms. The predicted molar refractivity (Wildman–Crippen MR) is 243 cm³/mol. The minimum Gasteiger partial charge on any atom is -0.481 e. The van der Waals surface area contributed by atoms with Crippen molar-refractivity contribution in [3.8, 4) is 6.07 Å². The van der Waals surface area contributed by atoms with Gasteiger partial charge >= 0.3 is 5.97 Å². The number of carboxylic acid groups (broad SMARTS) is 1. The SMILES string of the molecule is C=CCCC(C#N)(CCC(=O)O)c1ccc(Cl)c(Cl)c1.C=CCCC(CN)(CCCO)c1ccc(Cl)c(Cl)c1.C=CCCC1(c2ccc(Cl)c(Cl)c2)CCCNC1. The zero-order valence-electron chi connectivity index (χ0n) is 32.5. The van der Waals surface area contributed by atoms with E-state index in [1.807, 2.05) is 36.4 Å². The maximum atomic E-state index is 10.8. The lowest BCUT2D eigenvalue weighted by Gasteiger charge is -2.38. The van der Waals surface area contributed by atoms with Crippen LogP contribution in [-0.4, -0.2) is 42.4 Å². The number of nitriles is 1. The second-order valence-corrected chi connectivity index (χ2v) is 16.8. The predicted octanol–water partition coefficient (Wildman–Crippen LogP) is 13.1. The largest absolute Gasteiger partial charge is 0.481 e. The van der Waals surface area contributed by atoms with Crippen LogP contribution in [0.3, 0.4) is 0 Å². The summed E-state index contributed by atoms with van der Waals surface area (Å²) in [5.41, 5.74) is 8.21. The Morgan fingerprint density at radius 2 is 1.37 bits per heavy atom. The standard InChI is InChI=1S/C15H15Cl2NO2.C15H21Cl2NO.C15H19Cl2N/c1-2-3-7-15(10-18,8-6-14(19)20)11-4-5-12(16)13(17)9-11;1-2-3-7-15(11-18,8-4-9-19)12-5-6-13(16)14(17)10-12;1-2-3-7-15(8-4-9-18-11-15)12-5-6-13(16)14(17)10-12/h2,4-5,9H,1,3,6-8H2,(H,19,20);2,5-6,10,19H,1,3-4,7-9,11,18H2;2,5-6,10,18H,1,3-4,7-9,11H2. The van der Waals surface area contributed by atoms with Crippen LogP contribution in [0.4, 0.5) is 0 Å². The van der Waals surface area contributed by atoms with Gasteiger partial charge in [0, 0.05) is 36.9 Å². The van der Waals surface area contributed by atoms with Crippen molar-refractivity contribution in [3.63, 3.8) is 0 Å². The highest BCUT2D eigenvalue weighted by Crippen LogP contribution is 2.40. The Kier molecular flexibility index (Phi) is 22.9. The monoisotopic (exact) mass is 895 g/mol. The van der Waals surface area contributed by atoms with Gasteiger partial charge in [0.2, 0.25) is 0 Å². The molecule has 0 spiro atoms. The van der Waals surface area contributed by atoms with Gasteiger partial charge in [-0.15, -0.1) is 19.7 Å². The number of aliphatic hydroxyl groups excluding tert-OH is 1. The molecule has 1 saturated heterocycles. The third-order valence-electron chi connectivity index (χ3n) is 10.6. The summed E-state index contributed by atoms with van der Waals surface area (Å²) in [7, 11) is 0. The third kappa shape index (κ3) is 15.2. The lowest BCUT2D eigenvalue weighted by Crippen LogP contribution is -2.43. The molecule has 0 saturated carbocycles. The number of nitrogens with zero attached hydrogens (tertiary/aromatic N) is 1. The second-order valence-electron chi connectivity index (χ2n) is 14.3. The Balaban J connectivity index is 0.000000295. The molecule has 3 unspecified atom stereocenters. The van der Waals surface area contributed by atoms with Crippen molar-refractivity contribution < 1.29 is 15.0 Å². The fourth-order valence-corrected chi connectivity index (χ4v) is 8.08. The van der Waals surface area contributed by atoms with E-state index in [1.54, 1.807) is 30.3 Å². The molecule has 1 fully saturated rings. The van der Waals surface area contributed by atoms with Crippen LogP contribution in [0.2, 0.25) is 30.1 Å². The van der Waals surface area contributed by atoms with Gasteiger partial charge in [-0.05, 0) is 130 Å². The van der Waals surface area contributed by atoms with E-state index in [9.17, 15) is 10.1 Å². The number of halogens is 6. The summed E-state index contributed by atoms with van der Waals surface area (Å²) < 4.78 is 0. The average Bonchev–Trinajstić information content (AvgIpc) is 3.21. The first-order chi connectivity index (χ1) is 27.2. The highest BCUT2D eigenvalue weighted by Gasteiger charge is 2.34. The number of hydrogen-bond donors (Lipinski definition) is 4. The molecule has 0 bridgehead atoms. The van der Waals surface area contributed by atoms with Crippen molar-refractivity contribution in [2.24, 2.45) is 5.73 Å². The van der Waals surface area contributed by atoms with E-state index < -0.39 is 11.4 Å². The highest BCUT2D eigenvalue weighted by molar-refractivity contribution is 6.43. The molecule has 6 nitrogen and oxygen atoms in total. The summed E-state index contributed by atoms with van der Waals surface area (Å²) in [4.78, 5) is 10.8. The van der Waals surface area contributed by atoms with Crippen molar-refractivity contribution >= 4 is 75.6 Å². The van der Waals surface area contributed by atoms with Gasteiger partial charge in [0.1, 0.15) is 0 Å². The topological polar surface area (TPSA) is 119 Å². The first-order valence-corrected chi connectivity index (χ1v) is 21.3. The molecular weight excluding hydrogens is 843 g/mol. The first-order valence-electron chi connectivity index (χ1n) is 19.1. The summed E-state index contributed by atoms with van der Waals surface area (Å²) >= 11 is 36.1. The zero-order chi connectivity index (χ0) is 42.5. The number of rotatable bonds is 19. The lowest BCUT2D eigenvalue weighted by molar-refractivity contribution is -0.137. The van der Waals surface area contributed by atoms with Crippen molar-refractivity contribution in [1.82, 2.24) is 5.32 Å². The van der Waals surface area contributed by atoms with Gasteiger partial charge in [-0.25, -0.2) is 0 Å². The van der Waals surface area contributed by atoms with Gasteiger partial charge in [-0.3, -0.25) is 4.79 Å². The smallest absolute Gasteiger partial charge is 0.303 e. The Labute approximate surface area is 369 Å². The molecule has 310 valence electrons. The van der Waals surface area contributed by atoms with Crippen LogP contribution in [0.5, 0.6) is 0 Å². The number of piperidine rings is 1. The molecule has 1 aliphatic heterocycles. The van der Waals surface area contributed by atoms with Crippen LogP contribution < -0.4 is 11.1 Å². The normalized spacial score (nSPS) is 16.9. The van der Waals surface area contributed by atoms with Crippen molar-refractivity contribution in [3.05, 3.63) is 139 Å². The molecule has 0 amide bonds. The van der Waals surface area contributed by atoms with Crippen molar-refractivity contribution in [2.75, 3.05) is 26.2 Å². The average molecular weight is 899 g/mol. The third-order valence-corrected chi connectivity index (χ3v) is 12.8. The molecule has 1 aliphatic rings. The molecule has 3 aromatic rings. The number of carbonyl (C=O) groups is 1. The van der Waals surface area contributed by atoms with Crippen LogP contribution in [0, 0.1) is 11.3 Å². The van der Waals surface area contributed by atoms with Gasteiger partial charge in [0.15, 0.2) is 0 Å². The van der Waals surface area contributed by atoms with Crippen LogP contribution >= 0.6 is 69.6 Å². The number of nitrogens with two attached hydrogens (primary N) is 1. The van der Waals surface area contributed by atoms with E-state index in [4.69, 9.17) is 85.6 Å². The zero-order valence-corrected chi connectivity index (χ0v) is 37.0. The van der Waals surface area contributed by atoms with Gasteiger partial charge in [0.25, 0.3) is 0 Å². The van der Waals surface area contributed by atoms with Crippen LogP contribution in [0.15, 0.2) is 92.6 Å². The fourth-order valence-electron chi connectivity index (χ4n) is 7.19. The number of benzene rings is 3. The molecule has 1 heterocycles. The summed E-state index contributed by atoms with van der Waals surface area (Å²) in [6.07, 6.45) is 14.7. The number of carboxylic acids is 1. The van der Waals surface area contributed by atoms with E-state index in [1.165, 1.54) is 18.4 Å². The molecular formula is C45H55Cl6N3O3. The summed E-state index contributed by atoms with van der Waals surface area (Å²) in [6, 6.07) is 19.0. The van der Waals surface area contributed by atoms with Crippen molar-refractivity contribution in [2.45, 2.75) is 93.3 Å². The van der Waals surface area contributed by atoms with Crippen LogP contribution in [0.1, 0.15) is 93.7 Å². The van der Waals surface area contributed by atoms with E-state index in [0.29, 0.717) is 61.5 Å². The molecule has 4 rings (SSSR count). The minimum atomic E-state index is -0.928. The molecule has 0 radical (unpaired) electrons. The maximum absolute atomic E-state index is 10.8. The molecule has 3 aromatic carbocycles. The quantitative estimate of drug-likeness (QED) is 0.0890. The number of hydrogen-bond acceptors (Lipinski definition) is 5. The van der Waals surface area contributed by atoms with Gasteiger partial charge in [0.05, 0.1) is 41.6 Å². The first kappa shape index (κ1) is 50.6. The number of allylic oxidation sites excluding steroid dienone is 3. The Morgan fingerprint density at radius 3 is 1.86 bits per heavy atom. The second kappa shape index (κ2) is 25.8. The number of nitrogens with one attached hydrogen (secondary N) is 1. The summed E-state index contributed by atoms with van der Waals surface area (Å²) in [6.45, 7) is 14.0. The maximum Gasteiger partial charge on any atom is 0.303 e. The van der Waals surface area contributed by atoms with Crippen molar-refractivity contribution in [1.29, 1.82) is 5.26 Å². The Bertz CT molecular complexity index is 1810. The Hall–Kier alpha value is -2.54. The molecule has 3 atom stereocenters. The van der Waals surface area contributed by atoms with E-state index >= 15 is 0 Å². The number of aliphatic hydroxyl groups is 1. The molecule has 5 N–H and O–H groups in total. The van der Waals surface area contributed by atoms with Gasteiger partial charge in [-0.1, -0.05) is 106 Å². The lowest BCUT2D eigenvalue weighted by atomic mass is 9.71. The van der Waals surface area contributed by atoms with E-state index in [2.05, 4.69) is 37.2 Å². The summed E-state index contributed by atoms with van der Waals surface area (Å²) in [5.74, 6) is -0.928. The summed E-state index contributed by atoms with van der Waals surface area (Å²) in [5, 5.41) is 34.2. The molecule has 0 aromatic heterocycles. The van der Waals surface area contributed by atoms with E-state index in [-0.39, 0.29) is 30.3 Å². The molecule has 0 aliphatic carbocycles.